The molecule has 4 rings (SSSR count). The normalized spacial score (nSPS) is 22.9. The zero-order chi connectivity index (χ0) is 26.1. The van der Waals surface area contributed by atoms with Crippen molar-refractivity contribution in [2.24, 2.45) is 10.8 Å². The van der Waals surface area contributed by atoms with Crippen molar-refractivity contribution in [3.05, 3.63) is 46.6 Å². The number of anilines is 1. The first-order valence-corrected chi connectivity index (χ1v) is 12.9. The number of halogens is 1. The average molecular weight is 511 g/mol. The van der Waals surface area contributed by atoms with Crippen LogP contribution in [0.5, 0.6) is 5.75 Å². The van der Waals surface area contributed by atoms with E-state index in [0.29, 0.717) is 22.0 Å². The zero-order valence-electron chi connectivity index (χ0n) is 21.7. The van der Waals surface area contributed by atoms with Crippen LogP contribution >= 0.6 is 11.6 Å². The lowest BCUT2D eigenvalue weighted by Gasteiger charge is -2.63. The summed E-state index contributed by atoms with van der Waals surface area (Å²) in [6.07, 6.45) is 0.994. The van der Waals surface area contributed by atoms with Gasteiger partial charge in [-0.25, -0.2) is 0 Å². The number of hydrogen-bond donors (Lipinski definition) is 1. The van der Waals surface area contributed by atoms with Crippen molar-refractivity contribution in [1.29, 1.82) is 5.26 Å². The van der Waals surface area contributed by atoms with Gasteiger partial charge in [-0.1, -0.05) is 46.2 Å². The molecule has 0 radical (unpaired) electrons. The van der Waals surface area contributed by atoms with Crippen molar-refractivity contribution < 1.29 is 9.53 Å². The van der Waals surface area contributed by atoms with Gasteiger partial charge in [0.2, 0.25) is 0 Å². The number of carbonyl (C=O) groups is 1. The summed E-state index contributed by atoms with van der Waals surface area (Å²) in [7, 11) is 0. The van der Waals surface area contributed by atoms with Crippen molar-refractivity contribution in [3.8, 4) is 11.8 Å². The summed E-state index contributed by atoms with van der Waals surface area (Å²) in [6, 6.07) is 10.6. The van der Waals surface area contributed by atoms with Gasteiger partial charge in [-0.05, 0) is 37.2 Å². The van der Waals surface area contributed by atoms with E-state index < -0.39 is 0 Å². The lowest BCUT2D eigenvalue weighted by atomic mass is 9.49. The molecule has 0 atom stereocenters. The van der Waals surface area contributed by atoms with Crippen LogP contribution in [-0.4, -0.2) is 65.9 Å². The number of aromatic nitrogens is 2. The number of amides is 1. The number of benzene rings is 1. The van der Waals surface area contributed by atoms with Gasteiger partial charge in [0.25, 0.3) is 5.91 Å². The Morgan fingerprint density at radius 1 is 1.14 bits per heavy atom. The number of nitrogens with zero attached hydrogens (tertiary/aromatic N) is 5. The van der Waals surface area contributed by atoms with Gasteiger partial charge in [-0.15, -0.1) is 10.2 Å². The van der Waals surface area contributed by atoms with Crippen molar-refractivity contribution in [2.75, 3.05) is 37.6 Å². The van der Waals surface area contributed by atoms with Crippen LogP contribution in [0.1, 0.15) is 57.1 Å². The highest BCUT2D eigenvalue weighted by molar-refractivity contribution is 6.31. The Hall–Kier alpha value is -2.89. The maximum absolute atomic E-state index is 13.1. The van der Waals surface area contributed by atoms with Gasteiger partial charge in [-0.2, -0.15) is 5.26 Å². The van der Waals surface area contributed by atoms with Gasteiger partial charge < -0.3 is 15.0 Å². The van der Waals surface area contributed by atoms with Crippen molar-refractivity contribution in [2.45, 2.75) is 53.2 Å². The maximum Gasteiger partial charge on any atom is 0.272 e. The summed E-state index contributed by atoms with van der Waals surface area (Å²) in [5.41, 5.74) is 0.0289. The van der Waals surface area contributed by atoms with E-state index in [0.717, 1.165) is 45.0 Å². The molecule has 2 aromatic rings. The third-order valence-electron chi connectivity index (χ3n) is 7.55. The number of nitriles is 1. The third kappa shape index (κ3) is 5.00. The molecule has 1 aliphatic heterocycles. The third-order valence-corrected chi connectivity index (χ3v) is 7.86. The molecule has 1 amide bonds. The van der Waals surface area contributed by atoms with Gasteiger partial charge in [0.15, 0.2) is 11.5 Å². The summed E-state index contributed by atoms with van der Waals surface area (Å²) in [6.45, 7) is 15.5. The highest BCUT2D eigenvalue weighted by atomic mass is 35.5. The summed E-state index contributed by atoms with van der Waals surface area (Å²) in [5.74, 6) is 1.17. The number of hydrogen-bond acceptors (Lipinski definition) is 7. The fraction of sp³-hybridized carbons (Fsp3) is 0.556. The highest BCUT2D eigenvalue weighted by Gasteiger charge is 2.64. The standard InChI is InChI=1S/C27H35ClN6O2/c1-6-11-33-12-14-34(15-13-33)22-10-9-21(31-32-22)23(35)30-24-26(2,3)25(27(24,4)5)36-19-8-7-18(17-29)20(28)16-19/h7-10,16,24-25H,6,11-15H2,1-5H3,(H,30,35). The Balaban J connectivity index is 1.38. The van der Waals surface area contributed by atoms with Crippen LogP contribution in [0.3, 0.4) is 0 Å². The Kier molecular flexibility index (Phi) is 7.44. The number of carbonyl (C=O) groups excluding carboxylic acids is 1. The molecule has 8 nitrogen and oxygen atoms in total. The van der Waals surface area contributed by atoms with E-state index in [9.17, 15) is 4.79 Å². The van der Waals surface area contributed by atoms with Crippen LogP contribution in [0, 0.1) is 22.2 Å². The van der Waals surface area contributed by atoms with Crippen LogP contribution < -0.4 is 15.0 Å². The van der Waals surface area contributed by atoms with Crippen molar-refractivity contribution in [3.63, 3.8) is 0 Å². The molecule has 2 aliphatic rings. The molecule has 1 N–H and O–H groups in total. The van der Waals surface area contributed by atoms with Gasteiger partial charge >= 0.3 is 0 Å². The van der Waals surface area contributed by atoms with E-state index in [1.165, 1.54) is 0 Å². The van der Waals surface area contributed by atoms with E-state index >= 15 is 0 Å². The molecular formula is C27H35ClN6O2. The van der Waals surface area contributed by atoms with E-state index in [4.69, 9.17) is 21.6 Å². The van der Waals surface area contributed by atoms with E-state index in [2.05, 4.69) is 66.0 Å². The molecule has 36 heavy (non-hydrogen) atoms. The van der Waals surface area contributed by atoms with Crippen molar-refractivity contribution in [1.82, 2.24) is 20.4 Å². The topological polar surface area (TPSA) is 94.4 Å². The minimum atomic E-state index is -0.342. The maximum atomic E-state index is 13.1. The van der Waals surface area contributed by atoms with Gasteiger partial charge in [0, 0.05) is 49.1 Å². The Morgan fingerprint density at radius 3 is 2.39 bits per heavy atom. The number of piperazine rings is 1. The molecule has 1 aromatic carbocycles. The molecule has 1 saturated heterocycles. The Labute approximate surface area is 218 Å². The smallest absolute Gasteiger partial charge is 0.272 e. The SMILES string of the molecule is CCCN1CCN(c2ccc(C(=O)NC3C(C)(C)C(Oc4ccc(C#N)c(Cl)c4)C3(C)C)nn2)CC1. The fourth-order valence-electron chi connectivity index (χ4n) is 5.93. The van der Waals surface area contributed by atoms with Crippen LogP contribution in [0.4, 0.5) is 5.82 Å². The van der Waals surface area contributed by atoms with E-state index in [1.54, 1.807) is 24.3 Å². The van der Waals surface area contributed by atoms with Crippen LogP contribution in [0.15, 0.2) is 30.3 Å². The molecule has 1 aliphatic carbocycles. The second kappa shape index (κ2) is 10.2. The number of nitrogens with one attached hydrogen (secondary N) is 1. The fourth-order valence-corrected chi connectivity index (χ4v) is 6.15. The van der Waals surface area contributed by atoms with Crippen molar-refractivity contribution >= 4 is 23.3 Å². The molecule has 2 fully saturated rings. The van der Waals surface area contributed by atoms with Crippen LogP contribution in [0.25, 0.3) is 0 Å². The summed E-state index contributed by atoms with van der Waals surface area (Å²) in [4.78, 5) is 17.8. The van der Waals surface area contributed by atoms with Gasteiger partial charge in [0.05, 0.1) is 10.6 Å². The molecule has 2 heterocycles. The lowest BCUT2D eigenvalue weighted by Crippen LogP contribution is -2.74. The monoisotopic (exact) mass is 510 g/mol. The first kappa shape index (κ1) is 26.2. The van der Waals surface area contributed by atoms with Gasteiger partial charge in [0.1, 0.15) is 17.9 Å². The molecule has 0 bridgehead atoms. The molecule has 0 unspecified atom stereocenters. The molecule has 192 valence electrons. The van der Waals surface area contributed by atoms with Crippen LogP contribution in [0.2, 0.25) is 5.02 Å². The minimum absolute atomic E-state index is 0.135. The summed E-state index contributed by atoms with van der Waals surface area (Å²) in [5, 5.41) is 21.2. The Bertz CT molecular complexity index is 1120. The molecular weight excluding hydrogens is 476 g/mol. The quantitative estimate of drug-likeness (QED) is 0.598. The first-order chi connectivity index (χ1) is 17.1. The summed E-state index contributed by atoms with van der Waals surface area (Å²) < 4.78 is 6.30. The zero-order valence-corrected chi connectivity index (χ0v) is 22.5. The second-order valence-corrected chi connectivity index (χ2v) is 11.3. The molecule has 0 spiro atoms. The van der Waals surface area contributed by atoms with Crippen LogP contribution in [-0.2, 0) is 0 Å². The number of rotatable bonds is 7. The Morgan fingerprint density at radius 2 is 1.83 bits per heavy atom. The van der Waals surface area contributed by atoms with E-state index in [-0.39, 0.29) is 28.9 Å². The number of ether oxygens (including phenoxy) is 1. The molecule has 1 saturated carbocycles. The largest absolute Gasteiger partial charge is 0.489 e. The summed E-state index contributed by atoms with van der Waals surface area (Å²) >= 11 is 6.18. The van der Waals surface area contributed by atoms with Gasteiger partial charge in [-0.3, -0.25) is 9.69 Å². The highest BCUT2D eigenvalue weighted by Crippen LogP contribution is 2.55. The first-order valence-electron chi connectivity index (χ1n) is 12.6. The predicted octanol–water partition coefficient (Wildman–Crippen LogP) is 4.15. The van der Waals surface area contributed by atoms with E-state index in [1.807, 2.05) is 6.07 Å². The predicted molar refractivity (Wildman–Crippen MR) is 140 cm³/mol. The second-order valence-electron chi connectivity index (χ2n) is 10.9. The minimum Gasteiger partial charge on any atom is -0.489 e. The lowest BCUT2D eigenvalue weighted by molar-refractivity contribution is -0.164. The molecule has 1 aromatic heterocycles. The average Bonchev–Trinajstić information content (AvgIpc) is 2.86. The molecule has 9 heteroatoms.